The van der Waals surface area contributed by atoms with Gasteiger partial charge in [0.25, 0.3) is 0 Å². The van der Waals surface area contributed by atoms with Crippen LogP contribution in [-0.2, 0) is 0 Å². The predicted molar refractivity (Wildman–Crippen MR) is 60.7 cm³/mol. The second kappa shape index (κ2) is 4.57. The quantitative estimate of drug-likeness (QED) is 0.734. The number of carbonyl (C=O) groups excluding carboxylic acids is 1. The smallest absolute Gasteiger partial charge is 0.193 e. The number of hydrogen-bond donors (Lipinski definition) is 0. The van der Waals surface area contributed by atoms with E-state index in [9.17, 15) is 4.79 Å². The van der Waals surface area contributed by atoms with E-state index in [0.717, 1.165) is 5.75 Å². The van der Waals surface area contributed by atoms with Crippen LogP contribution in [0.1, 0.15) is 15.9 Å². The Morgan fingerprint density at radius 3 is 2.12 bits per heavy atom. The number of ether oxygens (including phenoxy) is 1. The highest BCUT2D eigenvalue weighted by Gasteiger charge is 2.07. The number of carbonyl (C=O) groups is 1. The van der Waals surface area contributed by atoms with Crippen LogP contribution in [0.4, 0.5) is 0 Å². The molecule has 1 heterocycles. The van der Waals surface area contributed by atoms with Crippen LogP contribution in [0, 0.1) is 0 Å². The first-order chi connectivity index (χ1) is 7.81. The molecule has 80 valence electrons. The van der Waals surface area contributed by atoms with Crippen LogP contribution < -0.4 is 4.74 Å². The minimum atomic E-state index is -0.00921. The van der Waals surface area contributed by atoms with Crippen molar-refractivity contribution >= 4 is 5.78 Å². The molecule has 3 nitrogen and oxygen atoms in total. The van der Waals surface area contributed by atoms with Crippen LogP contribution in [0.5, 0.6) is 5.75 Å². The van der Waals surface area contributed by atoms with E-state index in [1.54, 1.807) is 55.9 Å². The van der Waals surface area contributed by atoms with Crippen molar-refractivity contribution in [3.63, 3.8) is 0 Å². The van der Waals surface area contributed by atoms with Crippen molar-refractivity contribution in [1.82, 2.24) is 4.98 Å². The average molecular weight is 213 g/mol. The van der Waals surface area contributed by atoms with Gasteiger partial charge in [-0.15, -0.1) is 0 Å². The van der Waals surface area contributed by atoms with Gasteiger partial charge in [-0.25, -0.2) is 0 Å². The molecule has 0 radical (unpaired) electrons. The van der Waals surface area contributed by atoms with Crippen molar-refractivity contribution in [2.75, 3.05) is 7.11 Å². The lowest BCUT2D eigenvalue weighted by Gasteiger charge is -2.02. The molecular weight excluding hydrogens is 202 g/mol. The molecule has 0 N–H and O–H groups in total. The van der Waals surface area contributed by atoms with Crippen LogP contribution in [0.15, 0.2) is 48.8 Å². The van der Waals surface area contributed by atoms with Crippen molar-refractivity contribution in [3.8, 4) is 5.75 Å². The van der Waals surface area contributed by atoms with Gasteiger partial charge >= 0.3 is 0 Å². The van der Waals surface area contributed by atoms with E-state index in [4.69, 9.17) is 4.74 Å². The van der Waals surface area contributed by atoms with E-state index >= 15 is 0 Å². The van der Waals surface area contributed by atoms with Crippen LogP contribution in [0.3, 0.4) is 0 Å². The number of ketones is 1. The number of methoxy groups -OCH3 is 1. The molecule has 16 heavy (non-hydrogen) atoms. The first-order valence-corrected chi connectivity index (χ1v) is 4.90. The Balaban J connectivity index is 2.28. The van der Waals surface area contributed by atoms with Gasteiger partial charge in [-0.1, -0.05) is 0 Å². The zero-order chi connectivity index (χ0) is 11.4. The summed E-state index contributed by atoms with van der Waals surface area (Å²) in [5.41, 5.74) is 1.28. The second-order valence-electron chi connectivity index (χ2n) is 3.29. The van der Waals surface area contributed by atoms with Crippen molar-refractivity contribution in [3.05, 3.63) is 59.9 Å². The molecular formula is C13H11NO2. The fraction of sp³-hybridized carbons (Fsp3) is 0.0769. The van der Waals surface area contributed by atoms with Crippen molar-refractivity contribution < 1.29 is 9.53 Å². The summed E-state index contributed by atoms with van der Waals surface area (Å²) in [6.07, 6.45) is 3.22. The number of aromatic nitrogens is 1. The molecule has 0 atom stereocenters. The van der Waals surface area contributed by atoms with Crippen molar-refractivity contribution in [2.45, 2.75) is 0 Å². The third kappa shape index (κ3) is 2.08. The largest absolute Gasteiger partial charge is 0.497 e. The van der Waals surface area contributed by atoms with Crippen LogP contribution in [0.2, 0.25) is 0 Å². The normalized spacial score (nSPS) is 9.81. The summed E-state index contributed by atoms with van der Waals surface area (Å²) in [7, 11) is 1.60. The lowest BCUT2D eigenvalue weighted by Crippen LogP contribution is -2.00. The zero-order valence-electron chi connectivity index (χ0n) is 8.88. The number of pyridine rings is 1. The molecule has 0 aliphatic heterocycles. The molecule has 1 aromatic heterocycles. The number of benzene rings is 1. The lowest BCUT2D eigenvalue weighted by molar-refractivity contribution is 0.103. The zero-order valence-corrected chi connectivity index (χ0v) is 8.88. The lowest BCUT2D eigenvalue weighted by atomic mass is 10.0. The molecule has 1 aromatic carbocycles. The van der Waals surface area contributed by atoms with Crippen LogP contribution in [-0.4, -0.2) is 17.9 Å². The van der Waals surface area contributed by atoms with Crippen molar-refractivity contribution in [2.24, 2.45) is 0 Å². The van der Waals surface area contributed by atoms with Gasteiger partial charge in [0.1, 0.15) is 5.75 Å². The molecule has 2 rings (SSSR count). The SMILES string of the molecule is COc1ccc(C(=O)c2ccncc2)cc1. The highest BCUT2D eigenvalue weighted by atomic mass is 16.5. The maximum absolute atomic E-state index is 12.0. The van der Waals surface area contributed by atoms with Gasteiger partial charge < -0.3 is 4.74 Å². The molecule has 0 aliphatic carbocycles. The van der Waals surface area contributed by atoms with E-state index in [2.05, 4.69) is 4.98 Å². The Hall–Kier alpha value is -2.16. The minimum Gasteiger partial charge on any atom is -0.497 e. The van der Waals surface area contributed by atoms with E-state index < -0.39 is 0 Å². The summed E-state index contributed by atoms with van der Waals surface area (Å²) in [5.74, 6) is 0.733. The standard InChI is InChI=1S/C13H11NO2/c1-16-12-4-2-10(3-5-12)13(15)11-6-8-14-9-7-11/h2-9H,1H3. The highest BCUT2D eigenvalue weighted by Crippen LogP contribution is 2.14. The Morgan fingerprint density at radius 2 is 1.56 bits per heavy atom. The van der Waals surface area contributed by atoms with E-state index in [1.807, 2.05) is 0 Å². The molecule has 0 fully saturated rings. The fourth-order valence-electron chi connectivity index (χ4n) is 1.41. The topological polar surface area (TPSA) is 39.2 Å². The summed E-state index contributed by atoms with van der Waals surface area (Å²) in [6, 6.07) is 10.4. The second-order valence-corrected chi connectivity index (χ2v) is 3.29. The molecule has 0 aliphatic rings. The van der Waals surface area contributed by atoms with Gasteiger partial charge in [-0.3, -0.25) is 9.78 Å². The molecule has 0 unspecified atom stereocenters. The van der Waals surface area contributed by atoms with Gasteiger partial charge in [0, 0.05) is 23.5 Å². The molecule has 0 spiro atoms. The Labute approximate surface area is 93.7 Å². The van der Waals surface area contributed by atoms with Gasteiger partial charge in [0.2, 0.25) is 0 Å². The average Bonchev–Trinajstić information content (AvgIpc) is 2.39. The van der Waals surface area contributed by atoms with Gasteiger partial charge in [-0.05, 0) is 36.4 Å². The number of hydrogen-bond acceptors (Lipinski definition) is 3. The first-order valence-electron chi connectivity index (χ1n) is 4.90. The maximum atomic E-state index is 12.0. The Bertz CT molecular complexity index is 477. The van der Waals surface area contributed by atoms with Crippen LogP contribution >= 0.6 is 0 Å². The van der Waals surface area contributed by atoms with Crippen LogP contribution in [0.25, 0.3) is 0 Å². The summed E-state index contributed by atoms with van der Waals surface area (Å²) >= 11 is 0. The third-order valence-corrected chi connectivity index (χ3v) is 2.29. The molecule has 0 saturated heterocycles. The maximum Gasteiger partial charge on any atom is 0.193 e. The fourth-order valence-corrected chi connectivity index (χ4v) is 1.41. The van der Waals surface area contributed by atoms with E-state index in [1.165, 1.54) is 0 Å². The third-order valence-electron chi connectivity index (χ3n) is 2.29. The van der Waals surface area contributed by atoms with E-state index in [-0.39, 0.29) is 5.78 Å². The predicted octanol–water partition coefficient (Wildman–Crippen LogP) is 2.32. The molecule has 0 bridgehead atoms. The van der Waals surface area contributed by atoms with Gasteiger partial charge in [0.05, 0.1) is 7.11 Å². The van der Waals surface area contributed by atoms with E-state index in [0.29, 0.717) is 11.1 Å². The van der Waals surface area contributed by atoms with Crippen molar-refractivity contribution in [1.29, 1.82) is 0 Å². The van der Waals surface area contributed by atoms with Gasteiger partial charge in [-0.2, -0.15) is 0 Å². The Morgan fingerprint density at radius 1 is 1.00 bits per heavy atom. The highest BCUT2D eigenvalue weighted by molar-refractivity contribution is 6.08. The monoisotopic (exact) mass is 213 g/mol. The summed E-state index contributed by atoms with van der Waals surface area (Å²) < 4.78 is 5.03. The number of rotatable bonds is 3. The number of nitrogens with zero attached hydrogens (tertiary/aromatic N) is 1. The summed E-state index contributed by atoms with van der Waals surface area (Å²) in [6.45, 7) is 0. The molecule has 0 saturated carbocycles. The first kappa shape index (κ1) is 10.4. The minimum absolute atomic E-state index is 0.00921. The van der Waals surface area contributed by atoms with Gasteiger partial charge in [0.15, 0.2) is 5.78 Å². The Kier molecular flexibility index (Phi) is 2.96. The molecule has 0 amide bonds. The molecule has 3 heteroatoms. The molecule has 2 aromatic rings. The summed E-state index contributed by atoms with van der Waals surface area (Å²) in [5, 5.41) is 0. The summed E-state index contributed by atoms with van der Waals surface area (Å²) in [4.78, 5) is 15.9.